The summed E-state index contributed by atoms with van der Waals surface area (Å²) >= 11 is 0. The molecule has 0 radical (unpaired) electrons. The fourth-order valence-electron chi connectivity index (χ4n) is 4.51. The van der Waals surface area contributed by atoms with Crippen molar-refractivity contribution in [3.05, 3.63) is 0 Å². The molecule has 3 fully saturated rings. The first-order valence-electron chi connectivity index (χ1n) is 11.6. The number of carbonyl (C=O) groups excluding carboxylic acids is 2. The number of hydrogen-bond donors (Lipinski definition) is 1. The molecule has 2 amide bonds. The van der Waals surface area contributed by atoms with Gasteiger partial charge in [0, 0.05) is 45.8 Å². The number of carbonyl (C=O) groups is 2. The number of likely N-dealkylation sites (tertiary alicyclic amines) is 1. The lowest BCUT2D eigenvalue weighted by atomic mass is 9.99. The maximum absolute atomic E-state index is 13.1. The normalized spacial score (nSPS) is 24.3. The fraction of sp³-hybridized carbons (Fsp3) is 0.900. The van der Waals surface area contributed by atoms with Crippen molar-refractivity contribution in [1.29, 1.82) is 0 Å². The van der Waals surface area contributed by atoms with E-state index < -0.39 is 16.3 Å². The van der Waals surface area contributed by atoms with Gasteiger partial charge in [0.25, 0.3) is 10.2 Å². The molecular formula is C20H37N5O5S. The van der Waals surface area contributed by atoms with Crippen LogP contribution in [0.15, 0.2) is 0 Å². The van der Waals surface area contributed by atoms with Gasteiger partial charge in [-0.15, -0.1) is 0 Å². The van der Waals surface area contributed by atoms with E-state index in [-0.39, 0.29) is 31.5 Å². The standard InChI is InChI=1S/C20H37N5O5S/c1-2-30-20(27)23-13-15-24(16-14-23)31(28,29)25-12-5-7-18(17-25)19(26)21-8-6-11-22-9-3-4-10-22/h18H,2-17H2,1H3,(H,21,26). The number of nitrogens with zero attached hydrogens (tertiary/aromatic N) is 4. The smallest absolute Gasteiger partial charge is 0.409 e. The quantitative estimate of drug-likeness (QED) is 0.525. The van der Waals surface area contributed by atoms with Crippen LogP contribution in [0.3, 0.4) is 0 Å². The zero-order chi connectivity index (χ0) is 22.3. The summed E-state index contributed by atoms with van der Waals surface area (Å²) in [6.07, 6.45) is 4.42. The minimum absolute atomic E-state index is 0.0477. The lowest BCUT2D eigenvalue weighted by Crippen LogP contribution is -2.56. The molecule has 3 aliphatic rings. The van der Waals surface area contributed by atoms with Crippen LogP contribution in [0.4, 0.5) is 4.79 Å². The molecular weight excluding hydrogens is 422 g/mol. The highest BCUT2D eigenvalue weighted by Crippen LogP contribution is 2.22. The topological polar surface area (TPSA) is 102 Å². The molecule has 1 atom stereocenters. The lowest BCUT2D eigenvalue weighted by Gasteiger charge is -2.38. The maximum Gasteiger partial charge on any atom is 0.409 e. The van der Waals surface area contributed by atoms with Gasteiger partial charge >= 0.3 is 6.09 Å². The minimum Gasteiger partial charge on any atom is -0.450 e. The highest BCUT2D eigenvalue weighted by atomic mass is 32.2. The second-order valence-corrected chi connectivity index (χ2v) is 10.4. The Balaban J connectivity index is 1.44. The average Bonchev–Trinajstić information content (AvgIpc) is 3.30. The summed E-state index contributed by atoms with van der Waals surface area (Å²) in [4.78, 5) is 28.4. The zero-order valence-electron chi connectivity index (χ0n) is 18.6. The minimum atomic E-state index is -3.65. The van der Waals surface area contributed by atoms with Crippen molar-refractivity contribution in [1.82, 2.24) is 23.7 Å². The zero-order valence-corrected chi connectivity index (χ0v) is 19.4. The summed E-state index contributed by atoms with van der Waals surface area (Å²) in [5, 5.41) is 3.00. The number of piperazine rings is 1. The molecule has 178 valence electrons. The summed E-state index contributed by atoms with van der Waals surface area (Å²) in [7, 11) is -3.65. The molecule has 1 N–H and O–H groups in total. The Hall–Kier alpha value is -1.43. The third kappa shape index (κ3) is 6.53. The first-order valence-corrected chi connectivity index (χ1v) is 13.0. The third-order valence-electron chi connectivity index (χ3n) is 6.32. The van der Waals surface area contributed by atoms with E-state index in [2.05, 4.69) is 10.2 Å². The molecule has 0 aromatic heterocycles. The average molecular weight is 460 g/mol. The predicted molar refractivity (Wildman–Crippen MR) is 117 cm³/mol. The Kier molecular flexibility index (Phi) is 8.94. The number of amides is 2. The van der Waals surface area contributed by atoms with Crippen LogP contribution in [-0.2, 0) is 19.7 Å². The molecule has 3 aliphatic heterocycles. The van der Waals surface area contributed by atoms with Crippen LogP contribution < -0.4 is 5.32 Å². The lowest BCUT2D eigenvalue weighted by molar-refractivity contribution is -0.126. The van der Waals surface area contributed by atoms with E-state index in [9.17, 15) is 18.0 Å². The Morgan fingerprint density at radius 2 is 1.68 bits per heavy atom. The largest absolute Gasteiger partial charge is 0.450 e. The second-order valence-electron chi connectivity index (χ2n) is 8.48. The monoisotopic (exact) mass is 459 g/mol. The number of ether oxygens (including phenoxy) is 1. The second kappa shape index (κ2) is 11.4. The predicted octanol–water partition coefficient (Wildman–Crippen LogP) is 0.319. The van der Waals surface area contributed by atoms with Gasteiger partial charge < -0.3 is 19.9 Å². The van der Waals surface area contributed by atoms with E-state index in [4.69, 9.17) is 4.74 Å². The Morgan fingerprint density at radius 3 is 2.35 bits per heavy atom. The molecule has 0 spiro atoms. The van der Waals surface area contributed by atoms with Crippen LogP contribution >= 0.6 is 0 Å². The van der Waals surface area contributed by atoms with E-state index in [0.717, 1.165) is 26.1 Å². The first kappa shape index (κ1) is 24.2. The van der Waals surface area contributed by atoms with Crippen LogP contribution in [0.5, 0.6) is 0 Å². The Labute approximate surface area is 186 Å². The molecule has 3 rings (SSSR count). The van der Waals surface area contributed by atoms with E-state index >= 15 is 0 Å². The highest BCUT2D eigenvalue weighted by Gasteiger charge is 2.37. The van der Waals surface area contributed by atoms with Gasteiger partial charge in [-0.1, -0.05) is 0 Å². The van der Waals surface area contributed by atoms with Gasteiger partial charge in [-0.2, -0.15) is 17.0 Å². The first-order chi connectivity index (χ1) is 14.9. The van der Waals surface area contributed by atoms with Gasteiger partial charge in [0.1, 0.15) is 0 Å². The molecule has 31 heavy (non-hydrogen) atoms. The van der Waals surface area contributed by atoms with Crippen molar-refractivity contribution in [2.75, 3.05) is 72.1 Å². The Morgan fingerprint density at radius 1 is 0.968 bits per heavy atom. The van der Waals surface area contributed by atoms with E-state index in [1.807, 2.05) is 0 Å². The summed E-state index contributed by atoms with van der Waals surface area (Å²) in [5.74, 6) is -0.357. The number of hydrogen-bond acceptors (Lipinski definition) is 6. The van der Waals surface area contributed by atoms with Crippen LogP contribution in [0.25, 0.3) is 0 Å². The molecule has 0 aromatic carbocycles. The number of rotatable bonds is 8. The molecule has 0 bridgehead atoms. The van der Waals surface area contributed by atoms with Crippen molar-refractivity contribution in [3.63, 3.8) is 0 Å². The molecule has 3 saturated heterocycles. The molecule has 11 heteroatoms. The number of piperidine rings is 1. The van der Waals surface area contributed by atoms with E-state index in [1.165, 1.54) is 26.4 Å². The fourth-order valence-corrected chi connectivity index (χ4v) is 6.19. The van der Waals surface area contributed by atoms with Crippen LogP contribution in [0.1, 0.15) is 39.0 Å². The molecule has 0 aromatic rings. The van der Waals surface area contributed by atoms with Crippen LogP contribution in [0.2, 0.25) is 0 Å². The highest BCUT2D eigenvalue weighted by molar-refractivity contribution is 7.86. The molecule has 3 heterocycles. The van der Waals surface area contributed by atoms with Crippen molar-refractivity contribution in [2.24, 2.45) is 5.92 Å². The number of nitrogens with one attached hydrogen (secondary N) is 1. The van der Waals surface area contributed by atoms with Gasteiger partial charge in [-0.05, 0) is 58.7 Å². The Bertz CT molecular complexity index is 705. The van der Waals surface area contributed by atoms with Gasteiger partial charge in [0.05, 0.1) is 12.5 Å². The van der Waals surface area contributed by atoms with E-state index in [0.29, 0.717) is 45.6 Å². The van der Waals surface area contributed by atoms with E-state index in [1.54, 1.807) is 6.92 Å². The SMILES string of the molecule is CCOC(=O)N1CCN(S(=O)(=O)N2CCCC(C(=O)NCCCN3CCCC3)C2)CC1. The molecule has 1 unspecified atom stereocenters. The van der Waals surface area contributed by atoms with Crippen molar-refractivity contribution >= 4 is 22.2 Å². The molecule has 0 saturated carbocycles. The molecule has 0 aliphatic carbocycles. The van der Waals surface area contributed by atoms with Crippen molar-refractivity contribution < 1.29 is 22.7 Å². The van der Waals surface area contributed by atoms with Gasteiger partial charge in [-0.3, -0.25) is 4.79 Å². The van der Waals surface area contributed by atoms with Gasteiger partial charge in [-0.25, -0.2) is 4.79 Å². The maximum atomic E-state index is 13.1. The molecule has 10 nitrogen and oxygen atoms in total. The summed E-state index contributed by atoms with van der Waals surface area (Å²) < 4.78 is 34.0. The summed E-state index contributed by atoms with van der Waals surface area (Å²) in [5.41, 5.74) is 0. The van der Waals surface area contributed by atoms with Gasteiger partial charge in [0.15, 0.2) is 0 Å². The van der Waals surface area contributed by atoms with Crippen molar-refractivity contribution in [2.45, 2.75) is 39.0 Å². The van der Waals surface area contributed by atoms with Crippen LogP contribution in [0, 0.1) is 5.92 Å². The van der Waals surface area contributed by atoms with Crippen molar-refractivity contribution in [3.8, 4) is 0 Å². The van der Waals surface area contributed by atoms with Crippen LogP contribution in [-0.4, -0.2) is 111 Å². The summed E-state index contributed by atoms with van der Waals surface area (Å²) in [6.45, 7) is 7.74. The summed E-state index contributed by atoms with van der Waals surface area (Å²) in [6, 6.07) is 0. The van der Waals surface area contributed by atoms with Gasteiger partial charge in [0.2, 0.25) is 5.91 Å². The third-order valence-corrected chi connectivity index (χ3v) is 8.32.